The van der Waals surface area contributed by atoms with Gasteiger partial charge in [-0.1, -0.05) is 112 Å². The third-order valence-corrected chi connectivity index (χ3v) is 13.2. The fraction of sp³-hybridized carbons (Fsp3) is 0.404. The first kappa shape index (κ1) is 57.4. The van der Waals surface area contributed by atoms with E-state index in [2.05, 4.69) is 61.5 Å². The molecule has 6 aromatic rings. The minimum absolute atomic E-state index is 0. The molecule has 2 unspecified atom stereocenters. The van der Waals surface area contributed by atoms with Crippen molar-refractivity contribution < 1.29 is 35.9 Å². The van der Waals surface area contributed by atoms with Gasteiger partial charge in [-0.15, -0.1) is 0 Å². The predicted octanol–water partition coefficient (Wildman–Crippen LogP) is 10.3. The number of alkyl halides is 6. The van der Waals surface area contributed by atoms with E-state index in [1.807, 2.05) is 24.3 Å². The standard InChI is InChI=1S/C28H31F3N4O.C27H29F3N4O.2CH4/c1-35-14-4-7-23(18-35)21-10-8-19(9-11-21)15-27-33-17-24(28(29,30)31)25(34-27)13-12-20-5-2-3-6-22(20)16-26(32)36;28-27(29,30)23-17-33-26(14-18-7-9-20(10-8-18)22-6-3-13-32-16-22)34-24(23)12-11-19-4-1-2-5-21(19)15-25(31)35;;/h2-3,5-6,8-11,17,23H,4,7,12-16,18H2,1H3,(H2,32,36);1-2,4-5,7-10,17,22,32H,3,6,11-16H2,(H2,31,35);2*1H4. The zero-order valence-corrected chi connectivity index (χ0v) is 39.8. The molecule has 2 aromatic heterocycles. The van der Waals surface area contributed by atoms with Crippen molar-refractivity contribution in [2.45, 2.75) is 116 Å². The normalized spacial score (nSPS) is 16.0. The molecule has 5 N–H and O–H groups in total. The molecule has 2 fully saturated rings. The number of carbonyl (C=O) groups is 2. The number of amides is 2. The Morgan fingerprint density at radius 2 is 1.03 bits per heavy atom. The lowest BCUT2D eigenvalue weighted by Crippen LogP contribution is -2.30. The molecule has 0 aliphatic carbocycles. The molecule has 10 nitrogen and oxygen atoms in total. The Kier molecular flexibility index (Phi) is 20.8. The number of aryl methyl sites for hydroxylation is 4. The SMILES string of the molecule is C.C.CN1CCCC(c2ccc(Cc3ncc(C(F)(F)F)c(CCc4ccccc4CC(N)=O)n3)cc2)C1.NC(=O)Cc1ccccc1CCc1nc(Cc2ccc(C3CCCNC3)cc2)ncc1C(F)(F)F. The number of nitrogens with two attached hydrogens (primary N) is 2. The first-order valence-electron chi connectivity index (χ1n) is 24.1. The van der Waals surface area contributed by atoms with Crippen LogP contribution in [0.3, 0.4) is 0 Å². The second kappa shape index (κ2) is 26.4. The fourth-order valence-electron chi connectivity index (χ4n) is 9.53. The first-order chi connectivity index (χ1) is 34.0. The number of carbonyl (C=O) groups excluding carboxylic acids is 2. The molecule has 390 valence electrons. The Hall–Kier alpha value is -6.52. The molecular weight excluding hydrogens is 943 g/mol. The van der Waals surface area contributed by atoms with Crippen molar-refractivity contribution in [1.82, 2.24) is 30.2 Å². The lowest BCUT2D eigenvalue weighted by molar-refractivity contribution is -0.139. The van der Waals surface area contributed by atoms with E-state index in [-0.39, 0.29) is 51.9 Å². The van der Waals surface area contributed by atoms with Crippen LogP contribution in [0, 0.1) is 0 Å². The number of piperidine rings is 2. The van der Waals surface area contributed by atoms with E-state index in [9.17, 15) is 35.9 Å². The van der Waals surface area contributed by atoms with Crippen LogP contribution in [-0.4, -0.2) is 69.9 Å². The van der Waals surface area contributed by atoms with Crippen LogP contribution in [0.2, 0.25) is 0 Å². The summed E-state index contributed by atoms with van der Waals surface area (Å²) in [6, 6.07) is 30.7. The summed E-state index contributed by atoms with van der Waals surface area (Å²) in [5.74, 6) is 0.736. The van der Waals surface area contributed by atoms with Crippen LogP contribution >= 0.6 is 0 Å². The van der Waals surface area contributed by atoms with Gasteiger partial charge in [-0.05, 0) is 128 Å². The summed E-state index contributed by atoms with van der Waals surface area (Å²) < 4.78 is 82.0. The maximum Gasteiger partial charge on any atom is 0.419 e. The number of primary amides is 2. The van der Waals surface area contributed by atoms with Crippen LogP contribution in [0.5, 0.6) is 0 Å². The third-order valence-electron chi connectivity index (χ3n) is 13.2. The van der Waals surface area contributed by atoms with E-state index in [0.717, 1.165) is 91.2 Å². The van der Waals surface area contributed by atoms with Gasteiger partial charge in [-0.2, -0.15) is 26.3 Å². The van der Waals surface area contributed by atoms with Crippen LogP contribution in [0.4, 0.5) is 26.3 Å². The van der Waals surface area contributed by atoms with Gasteiger partial charge in [0.15, 0.2) is 0 Å². The number of hydrogen-bond acceptors (Lipinski definition) is 8. The van der Waals surface area contributed by atoms with Gasteiger partial charge in [0.25, 0.3) is 0 Å². The molecule has 2 amide bonds. The van der Waals surface area contributed by atoms with E-state index in [1.54, 1.807) is 48.5 Å². The summed E-state index contributed by atoms with van der Waals surface area (Å²) in [6.07, 6.45) is -1.09. The van der Waals surface area contributed by atoms with Gasteiger partial charge in [-0.25, -0.2) is 19.9 Å². The Morgan fingerprint density at radius 3 is 1.42 bits per heavy atom. The largest absolute Gasteiger partial charge is 0.419 e. The molecule has 2 atom stereocenters. The molecule has 2 saturated heterocycles. The molecular formula is C57H68F6N8O2. The Labute approximate surface area is 425 Å². The average molecular weight is 1010 g/mol. The second-order valence-corrected chi connectivity index (χ2v) is 18.6. The highest BCUT2D eigenvalue weighted by molar-refractivity contribution is 5.77. The molecule has 2 aliphatic rings. The summed E-state index contributed by atoms with van der Waals surface area (Å²) in [7, 11) is 2.14. The monoisotopic (exact) mass is 1010 g/mol. The lowest BCUT2D eigenvalue weighted by Gasteiger charge is -2.30. The van der Waals surface area contributed by atoms with Gasteiger partial charge in [0.2, 0.25) is 11.8 Å². The molecule has 4 aromatic carbocycles. The molecule has 2 aliphatic heterocycles. The van der Waals surface area contributed by atoms with E-state index in [4.69, 9.17) is 11.5 Å². The first-order valence-corrected chi connectivity index (χ1v) is 24.1. The van der Waals surface area contributed by atoms with Crippen molar-refractivity contribution in [2.75, 3.05) is 33.2 Å². The molecule has 8 rings (SSSR count). The van der Waals surface area contributed by atoms with Crippen LogP contribution < -0.4 is 16.8 Å². The highest BCUT2D eigenvalue weighted by Crippen LogP contribution is 2.34. The lowest BCUT2D eigenvalue weighted by atomic mass is 9.90. The third kappa shape index (κ3) is 16.8. The van der Waals surface area contributed by atoms with E-state index in [0.29, 0.717) is 49.2 Å². The topological polar surface area (TPSA) is 153 Å². The zero-order chi connectivity index (χ0) is 50.5. The smallest absolute Gasteiger partial charge is 0.369 e. The molecule has 0 spiro atoms. The number of nitrogens with zero attached hydrogens (tertiary/aromatic N) is 5. The van der Waals surface area contributed by atoms with Crippen LogP contribution in [0.15, 0.2) is 109 Å². The molecule has 0 radical (unpaired) electrons. The van der Waals surface area contributed by atoms with Gasteiger partial charge in [-0.3, -0.25) is 9.59 Å². The second-order valence-electron chi connectivity index (χ2n) is 18.6. The maximum absolute atomic E-state index is 13.7. The Morgan fingerprint density at radius 1 is 0.603 bits per heavy atom. The highest BCUT2D eigenvalue weighted by Gasteiger charge is 2.36. The number of likely N-dealkylation sites (N-methyl/N-ethyl adjacent to an activating group) is 1. The highest BCUT2D eigenvalue weighted by atomic mass is 19.4. The van der Waals surface area contributed by atoms with E-state index in [1.165, 1.54) is 17.5 Å². The number of likely N-dealkylation sites (tertiary alicyclic amines) is 1. The minimum atomic E-state index is -4.55. The van der Waals surface area contributed by atoms with Crippen molar-refractivity contribution >= 4 is 11.8 Å². The molecule has 0 bridgehead atoms. The molecule has 0 saturated carbocycles. The molecule has 16 heteroatoms. The molecule has 73 heavy (non-hydrogen) atoms. The number of halogens is 6. The average Bonchev–Trinajstić information content (AvgIpc) is 3.33. The quantitative estimate of drug-likeness (QED) is 0.0811. The van der Waals surface area contributed by atoms with Crippen LogP contribution in [0.1, 0.15) is 131 Å². The Balaban J connectivity index is 0.000000264. The molecule has 4 heterocycles. The van der Waals surface area contributed by atoms with E-state index >= 15 is 0 Å². The van der Waals surface area contributed by atoms with Gasteiger partial charge in [0.05, 0.1) is 35.4 Å². The Bertz CT molecular complexity index is 2720. The summed E-state index contributed by atoms with van der Waals surface area (Å²) >= 11 is 0. The number of benzene rings is 4. The number of hydrogen-bond donors (Lipinski definition) is 3. The van der Waals surface area contributed by atoms with E-state index < -0.39 is 35.3 Å². The van der Waals surface area contributed by atoms with Gasteiger partial charge >= 0.3 is 12.4 Å². The van der Waals surface area contributed by atoms with Crippen molar-refractivity contribution in [1.29, 1.82) is 0 Å². The van der Waals surface area contributed by atoms with Gasteiger partial charge in [0.1, 0.15) is 11.6 Å². The zero-order valence-electron chi connectivity index (χ0n) is 39.8. The van der Waals surface area contributed by atoms with Crippen LogP contribution in [0.25, 0.3) is 0 Å². The van der Waals surface area contributed by atoms with Crippen molar-refractivity contribution in [3.05, 3.63) is 188 Å². The summed E-state index contributed by atoms with van der Waals surface area (Å²) in [4.78, 5) is 41.8. The summed E-state index contributed by atoms with van der Waals surface area (Å²) in [5, 5.41) is 3.41. The summed E-state index contributed by atoms with van der Waals surface area (Å²) in [5.41, 5.74) is 16.4. The maximum atomic E-state index is 13.7. The van der Waals surface area contributed by atoms with Crippen molar-refractivity contribution in [3.8, 4) is 0 Å². The van der Waals surface area contributed by atoms with Crippen LogP contribution in [-0.2, 0) is 73.3 Å². The predicted molar refractivity (Wildman–Crippen MR) is 274 cm³/mol. The number of rotatable bonds is 16. The van der Waals surface area contributed by atoms with Gasteiger partial charge in [0, 0.05) is 38.3 Å². The van der Waals surface area contributed by atoms with Crippen molar-refractivity contribution in [3.63, 3.8) is 0 Å². The summed E-state index contributed by atoms with van der Waals surface area (Å²) in [6.45, 7) is 4.18. The van der Waals surface area contributed by atoms with Crippen molar-refractivity contribution in [2.24, 2.45) is 11.5 Å². The van der Waals surface area contributed by atoms with Gasteiger partial charge < -0.3 is 21.7 Å². The minimum Gasteiger partial charge on any atom is -0.369 e. The number of aromatic nitrogens is 4. The fourth-order valence-corrected chi connectivity index (χ4v) is 9.53. The number of nitrogens with one attached hydrogen (secondary N) is 1.